The molecule has 8 heteroatoms. The fourth-order valence-electron chi connectivity index (χ4n) is 2.65. The molecule has 2 heterocycles. The number of nitriles is 1. The van der Waals surface area contributed by atoms with Gasteiger partial charge < -0.3 is 4.90 Å². The van der Waals surface area contributed by atoms with Crippen molar-refractivity contribution in [2.24, 2.45) is 0 Å². The van der Waals surface area contributed by atoms with E-state index in [1.807, 2.05) is 6.07 Å². The Morgan fingerprint density at radius 1 is 1.19 bits per heavy atom. The van der Waals surface area contributed by atoms with E-state index in [0.717, 1.165) is 3.97 Å². The molecular formula is C19H16N4O3S. The topological polar surface area (TPSA) is 96.1 Å². The zero-order valence-corrected chi connectivity index (χ0v) is 15.5. The number of benzene rings is 1. The Hall–Kier alpha value is -3.44. The van der Waals surface area contributed by atoms with Gasteiger partial charge in [-0.1, -0.05) is 18.2 Å². The SMILES string of the molecule is CN(C)/C=C(\C#N)C(=O)c1cc2cccnc2n1S(=O)(=O)c1ccccc1. The average molecular weight is 380 g/mol. The lowest BCUT2D eigenvalue weighted by atomic mass is 10.1. The predicted octanol–water partition coefficient (Wildman–Crippen LogP) is 2.43. The number of Topliss-reactive ketones (excluding diaryl/α,β-unsaturated/α-hetero) is 1. The summed E-state index contributed by atoms with van der Waals surface area (Å²) in [4.78, 5) is 18.7. The third kappa shape index (κ3) is 3.32. The lowest BCUT2D eigenvalue weighted by Crippen LogP contribution is -2.20. The number of rotatable bonds is 5. The van der Waals surface area contributed by atoms with Crippen molar-refractivity contribution in [2.45, 2.75) is 4.90 Å². The van der Waals surface area contributed by atoms with E-state index >= 15 is 0 Å². The average Bonchev–Trinajstić information content (AvgIpc) is 3.06. The molecule has 0 saturated carbocycles. The van der Waals surface area contributed by atoms with Crippen molar-refractivity contribution in [3.8, 4) is 6.07 Å². The van der Waals surface area contributed by atoms with Gasteiger partial charge in [0.2, 0.25) is 5.78 Å². The maximum atomic E-state index is 13.2. The van der Waals surface area contributed by atoms with Crippen LogP contribution in [0.25, 0.3) is 11.0 Å². The van der Waals surface area contributed by atoms with Gasteiger partial charge in [0, 0.05) is 31.9 Å². The minimum absolute atomic E-state index is 0.0253. The van der Waals surface area contributed by atoms with Gasteiger partial charge in [-0.3, -0.25) is 4.79 Å². The first-order valence-corrected chi connectivity index (χ1v) is 9.40. The number of hydrogen-bond donors (Lipinski definition) is 0. The second-order valence-corrected chi connectivity index (χ2v) is 7.76. The van der Waals surface area contributed by atoms with E-state index < -0.39 is 15.8 Å². The largest absolute Gasteiger partial charge is 0.382 e. The number of fused-ring (bicyclic) bond motifs is 1. The Morgan fingerprint density at radius 2 is 1.89 bits per heavy atom. The molecule has 3 rings (SSSR count). The van der Waals surface area contributed by atoms with Gasteiger partial charge in [-0.2, -0.15) is 5.26 Å². The Kier molecular flexibility index (Phi) is 4.79. The van der Waals surface area contributed by atoms with Crippen LogP contribution in [0.5, 0.6) is 0 Å². The third-order valence-corrected chi connectivity index (χ3v) is 5.50. The molecule has 0 atom stereocenters. The summed E-state index contributed by atoms with van der Waals surface area (Å²) >= 11 is 0. The molecule has 0 unspecified atom stereocenters. The fourth-order valence-corrected chi connectivity index (χ4v) is 4.13. The number of carbonyl (C=O) groups excluding carboxylic acids is 1. The fraction of sp³-hybridized carbons (Fsp3) is 0.105. The van der Waals surface area contributed by atoms with Crippen molar-refractivity contribution in [1.82, 2.24) is 13.9 Å². The summed E-state index contributed by atoms with van der Waals surface area (Å²) < 4.78 is 27.4. The molecular weight excluding hydrogens is 364 g/mol. The van der Waals surface area contributed by atoms with Crippen LogP contribution in [-0.2, 0) is 10.0 Å². The standard InChI is InChI=1S/C19H16N4O3S/c1-22(2)13-15(12-20)18(24)17-11-14-7-6-10-21-19(14)23(17)27(25,26)16-8-4-3-5-9-16/h3-11,13H,1-2H3/b15-13+. The molecule has 0 fully saturated rings. The van der Waals surface area contributed by atoms with Gasteiger partial charge in [0.1, 0.15) is 17.3 Å². The highest BCUT2D eigenvalue weighted by atomic mass is 32.2. The Labute approximate surface area is 156 Å². The molecule has 0 saturated heterocycles. The van der Waals surface area contributed by atoms with Crippen LogP contribution < -0.4 is 0 Å². The van der Waals surface area contributed by atoms with Crippen molar-refractivity contribution in [1.29, 1.82) is 5.26 Å². The van der Waals surface area contributed by atoms with Crippen molar-refractivity contribution < 1.29 is 13.2 Å². The molecule has 0 aliphatic heterocycles. The second-order valence-electron chi connectivity index (χ2n) is 5.98. The van der Waals surface area contributed by atoms with Crippen LogP contribution in [0.4, 0.5) is 0 Å². The molecule has 0 radical (unpaired) electrons. The quantitative estimate of drug-likeness (QED) is 0.383. The number of ketones is 1. The zero-order chi connectivity index (χ0) is 19.6. The molecule has 27 heavy (non-hydrogen) atoms. The number of aromatic nitrogens is 2. The van der Waals surface area contributed by atoms with Crippen LogP contribution in [0.1, 0.15) is 10.5 Å². The Bertz CT molecular complexity index is 1190. The van der Waals surface area contributed by atoms with Crippen molar-refractivity contribution in [3.63, 3.8) is 0 Å². The molecule has 2 aromatic heterocycles. The van der Waals surface area contributed by atoms with Gasteiger partial charge >= 0.3 is 0 Å². The first-order chi connectivity index (χ1) is 12.9. The summed E-state index contributed by atoms with van der Waals surface area (Å²) in [6.07, 6.45) is 2.81. The molecule has 0 N–H and O–H groups in total. The van der Waals surface area contributed by atoms with Crippen molar-refractivity contribution in [3.05, 3.63) is 72.2 Å². The van der Waals surface area contributed by atoms with E-state index in [2.05, 4.69) is 4.98 Å². The zero-order valence-electron chi connectivity index (χ0n) is 14.7. The summed E-state index contributed by atoms with van der Waals surface area (Å²) in [7, 11) is -0.747. The number of pyridine rings is 1. The minimum atomic E-state index is -4.09. The van der Waals surface area contributed by atoms with Crippen LogP contribution in [0, 0.1) is 11.3 Å². The Morgan fingerprint density at radius 3 is 2.52 bits per heavy atom. The monoisotopic (exact) mass is 380 g/mol. The smallest absolute Gasteiger partial charge is 0.270 e. The van der Waals surface area contributed by atoms with Crippen molar-refractivity contribution in [2.75, 3.05) is 14.1 Å². The minimum Gasteiger partial charge on any atom is -0.382 e. The van der Waals surface area contributed by atoms with Crippen LogP contribution in [-0.4, -0.2) is 42.2 Å². The molecule has 0 aliphatic rings. The van der Waals surface area contributed by atoms with Crippen molar-refractivity contribution >= 4 is 26.8 Å². The molecule has 3 aromatic rings. The van der Waals surface area contributed by atoms with E-state index in [1.54, 1.807) is 49.3 Å². The summed E-state index contributed by atoms with van der Waals surface area (Å²) in [5.74, 6) is -0.691. The van der Waals surface area contributed by atoms with E-state index in [1.165, 1.54) is 30.6 Å². The molecule has 136 valence electrons. The third-order valence-electron chi connectivity index (χ3n) is 3.79. The number of allylic oxidation sites excluding steroid dienone is 1. The van der Waals surface area contributed by atoms with E-state index in [0.29, 0.717) is 5.39 Å². The van der Waals surface area contributed by atoms with Gasteiger partial charge in [0.05, 0.1) is 4.90 Å². The van der Waals surface area contributed by atoms with E-state index in [4.69, 9.17) is 0 Å². The van der Waals surface area contributed by atoms with E-state index in [9.17, 15) is 18.5 Å². The highest BCUT2D eigenvalue weighted by molar-refractivity contribution is 7.90. The first kappa shape index (κ1) is 18.4. The Balaban J connectivity index is 2.32. The maximum Gasteiger partial charge on any atom is 0.270 e. The number of nitrogens with zero attached hydrogens (tertiary/aromatic N) is 4. The summed E-state index contributed by atoms with van der Waals surface area (Å²) in [6.45, 7) is 0. The van der Waals surface area contributed by atoms with Crippen LogP contribution in [0.15, 0.2) is 71.4 Å². The number of hydrogen-bond acceptors (Lipinski definition) is 6. The molecule has 0 amide bonds. The highest BCUT2D eigenvalue weighted by Crippen LogP contribution is 2.26. The van der Waals surface area contributed by atoms with Gasteiger partial charge in [-0.05, 0) is 30.3 Å². The van der Waals surface area contributed by atoms with Gasteiger partial charge in [-0.25, -0.2) is 17.4 Å². The van der Waals surface area contributed by atoms with Gasteiger partial charge in [0.25, 0.3) is 10.0 Å². The lowest BCUT2D eigenvalue weighted by Gasteiger charge is -2.11. The normalized spacial score (nSPS) is 12.0. The predicted molar refractivity (Wildman–Crippen MR) is 100 cm³/mol. The van der Waals surface area contributed by atoms with Crippen LogP contribution in [0.2, 0.25) is 0 Å². The summed E-state index contributed by atoms with van der Waals surface area (Å²) in [5, 5.41) is 9.84. The van der Waals surface area contributed by atoms with Crippen LogP contribution in [0.3, 0.4) is 0 Å². The molecule has 0 spiro atoms. The number of carbonyl (C=O) groups is 1. The molecule has 0 bridgehead atoms. The summed E-state index contributed by atoms with van der Waals surface area (Å²) in [5.41, 5.74) is -0.179. The van der Waals surface area contributed by atoms with Gasteiger partial charge in [-0.15, -0.1) is 0 Å². The van der Waals surface area contributed by atoms with E-state index in [-0.39, 0.29) is 21.8 Å². The second kappa shape index (κ2) is 7.05. The highest BCUT2D eigenvalue weighted by Gasteiger charge is 2.28. The maximum absolute atomic E-state index is 13.2. The molecule has 7 nitrogen and oxygen atoms in total. The van der Waals surface area contributed by atoms with Crippen LogP contribution >= 0.6 is 0 Å². The summed E-state index contributed by atoms with van der Waals surface area (Å²) in [6, 6.07) is 14.4. The lowest BCUT2D eigenvalue weighted by molar-refractivity contribution is 0.103. The van der Waals surface area contributed by atoms with Gasteiger partial charge in [0.15, 0.2) is 5.65 Å². The molecule has 0 aliphatic carbocycles. The molecule has 1 aromatic carbocycles. The first-order valence-electron chi connectivity index (χ1n) is 7.96.